The lowest BCUT2D eigenvalue weighted by atomic mass is 9.97. The van der Waals surface area contributed by atoms with Crippen LogP contribution in [0.2, 0.25) is 0 Å². The Balaban J connectivity index is 1.97. The molecule has 1 aromatic heterocycles. The molecule has 0 bridgehead atoms. The molecule has 2 heteroatoms. The zero-order valence-electron chi connectivity index (χ0n) is 11.9. The van der Waals surface area contributed by atoms with Crippen LogP contribution in [0.1, 0.15) is 16.7 Å². The number of rotatable bonds is 3. The number of benzene rings is 2. The number of pyridine rings is 1. The largest absolute Gasteiger partial charge is 0.256 e. The Bertz CT molecular complexity index is 751. The summed E-state index contributed by atoms with van der Waals surface area (Å²) in [4.78, 5) is 4.25. The number of hydrogen-bond donors (Lipinski definition) is 0. The second-order valence-electron chi connectivity index (χ2n) is 5.16. The van der Waals surface area contributed by atoms with Gasteiger partial charge in [-0.15, -0.1) is 0 Å². The van der Waals surface area contributed by atoms with Crippen molar-refractivity contribution >= 4 is 0 Å². The summed E-state index contributed by atoms with van der Waals surface area (Å²) in [6, 6.07) is 19.3. The summed E-state index contributed by atoms with van der Waals surface area (Å²) in [5.74, 6) is -0.259. The first-order chi connectivity index (χ1) is 10.2. The number of nitrogens with zero attached hydrogens (tertiary/aromatic N) is 1. The lowest BCUT2D eigenvalue weighted by Gasteiger charge is -2.09. The van der Waals surface area contributed by atoms with Crippen molar-refractivity contribution in [1.29, 1.82) is 0 Å². The number of aromatic nitrogens is 1. The van der Waals surface area contributed by atoms with E-state index >= 15 is 0 Å². The van der Waals surface area contributed by atoms with Crippen LogP contribution in [-0.2, 0) is 6.42 Å². The van der Waals surface area contributed by atoms with E-state index in [0.717, 1.165) is 12.0 Å². The molecular formula is C19H16FN. The summed E-state index contributed by atoms with van der Waals surface area (Å²) in [6.07, 6.45) is 2.37. The van der Waals surface area contributed by atoms with E-state index in [1.54, 1.807) is 0 Å². The molecule has 0 fully saturated rings. The average Bonchev–Trinajstić information content (AvgIpc) is 2.50. The molecule has 1 nitrogen and oxygen atoms in total. The highest BCUT2D eigenvalue weighted by atomic mass is 19.1. The summed E-state index contributed by atoms with van der Waals surface area (Å²) in [6.45, 7) is 2.10. The Morgan fingerprint density at radius 3 is 2.52 bits per heavy atom. The molecule has 21 heavy (non-hydrogen) atoms. The lowest BCUT2D eigenvalue weighted by molar-refractivity contribution is 0.626. The van der Waals surface area contributed by atoms with E-state index in [1.165, 1.54) is 35.0 Å². The number of halogens is 1. The Hall–Kier alpha value is -2.48. The highest BCUT2D eigenvalue weighted by Gasteiger charge is 2.05. The van der Waals surface area contributed by atoms with E-state index < -0.39 is 0 Å². The molecule has 104 valence electrons. The van der Waals surface area contributed by atoms with Gasteiger partial charge in [0.2, 0.25) is 0 Å². The van der Waals surface area contributed by atoms with Crippen molar-refractivity contribution in [2.75, 3.05) is 0 Å². The molecule has 0 aliphatic heterocycles. The van der Waals surface area contributed by atoms with Gasteiger partial charge in [0.15, 0.2) is 0 Å². The summed E-state index contributed by atoms with van der Waals surface area (Å²) >= 11 is 0. The fourth-order valence-electron chi connectivity index (χ4n) is 2.40. The van der Waals surface area contributed by atoms with Crippen LogP contribution in [0.25, 0.3) is 11.3 Å². The number of hydrogen-bond acceptors (Lipinski definition) is 1. The highest BCUT2D eigenvalue weighted by Crippen LogP contribution is 2.23. The van der Waals surface area contributed by atoms with Crippen molar-refractivity contribution in [3.8, 4) is 11.3 Å². The maximum atomic E-state index is 13.3. The first-order valence-electron chi connectivity index (χ1n) is 6.98. The molecule has 0 saturated carbocycles. The van der Waals surface area contributed by atoms with Crippen LogP contribution in [0.3, 0.4) is 0 Å². The van der Waals surface area contributed by atoms with Crippen LogP contribution in [0.5, 0.6) is 0 Å². The summed E-state index contributed by atoms with van der Waals surface area (Å²) in [7, 11) is 0. The average molecular weight is 277 g/mol. The predicted octanol–water partition coefficient (Wildman–Crippen LogP) is 4.79. The molecule has 3 rings (SSSR count). The summed E-state index contributed by atoms with van der Waals surface area (Å²) < 4.78 is 13.3. The van der Waals surface area contributed by atoms with Crippen LogP contribution in [-0.4, -0.2) is 4.98 Å². The van der Waals surface area contributed by atoms with Crippen molar-refractivity contribution in [2.24, 2.45) is 0 Å². The molecule has 0 N–H and O–H groups in total. The molecule has 0 aliphatic rings. The van der Waals surface area contributed by atoms with Gasteiger partial charge >= 0.3 is 0 Å². The first-order valence-corrected chi connectivity index (χ1v) is 6.98. The van der Waals surface area contributed by atoms with E-state index in [2.05, 4.69) is 36.2 Å². The van der Waals surface area contributed by atoms with Gasteiger partial charge in [-0.3, -0.25) is 4.98 Å². The fourth-order valence-corrected chi connectivity index (χ4v) is 2.40. The second kappa shape index (κ2) is 5.88. The van der Waals surface area contributed by atoms with Gasteiger partial charge in [0.25, 0.3) is 0 Å². The smallest absolute Gasteiger partial charge is 0.126 e. The van der Waals surface area contributed by atoms with Gasteiger partial charge in [0, 0.05) is 17.8 Å². The van der Waals surface area contributed by atoms with Crippen molar-refractivity contribution in [3.63, 3.8) is 0 Å². The standard InChI is InChI=1S/C19H16FN/c1-14-7-8-16(19-13-18(20)9-10-21-19)12-17(14)11-15-5-3-2-4-6-15/h2-10,12-13H,11H2,1H3. The molecule has 0 saturated heterocycles. The van der Waals surface area contributed by atoms with Crippen LogP contribution in [0, 0.1) is 12.7 Å². The molecule has 0 spiro atoms. The molecule has 3 aromatic rings. The topological polar surface area (TPSA) is 12.9 Å². The van der Waals surface area contributed by atoms with Gasteiger partial charge in [-0.25, -0.2) is 4.39 Å². The third-order valence-electron chi connectivity index (χ3n) is 3.60. The van der Waals surface area contributed by atoms with Gasteiger partial charge in [0.05, 0.1) is 5.69 Å². The Morgan fingerprint density at radius 1 is 0.952 bits per heavy atom. The zero-order chi connectivity index (χ0) is 14.7. The normalized spacial score (nSPS) is 10.6. The first kappa shape index (κ1) is 13.5. The summed E-state index contributed by atoms with van der Waals surface area (Å²) in [5, 5.41) is 0. The SMILES string of the molecule is Cc1ccc(-c2cc(F)ccn2)cc1Cc1ccccc1. The maximum absolute atomic E-state index is 13.3. The van der Waals surface area contributed by atoms with E-state index in [4.69, 9.17) is 0 Å². The van der Waals surface area contributed by atoms with Crippen molar-refractivity contribution in [3.05, 3.63) is 89.4 Å². The quantitative estimate of drug-likeness (QED) is 0.671. The maximum Gasteiger partial charge on any atom is 0.126 e. The third kappa shape index (κ3) is 3.16. The Kier molecular flexibility index (Phi) is 3.78. The second-order valence-corrected chi connectivity index (χ2v) is 5.16. The molecule has 1 heterocycles. The van der Waals surface area contributed by atoms with E-state index in [-0.39, 0.29) is 5.82 Å². The van der Waals surface area contributed by atoms with Crippen molar-refractivity contribution in [1.82, 2.24) is 4.98 Å². The minimum absolute atomic E-state index is 0.259. The van der Waals surface area contributed by atoms with E-state index in [1.807, 2.05) is 24.3 Å². The minimum atomic E-state index is -0.259. The van der Waals surface area contributed by atoms with Gasteiger partial charge in [-0.2, -0.15) is 0 Å². The predicted molar refractivity (Wildman–Crippen MR) is 83.6 cm³/mol. The van der Waals surface area contributed by atoms with Crippen LogP contribution < -0.4 is 0 Å². The van der Waals surface area contributed by atoms with Gasteiger partial charge in [-0.1, -0.05) is 42.5 Å². The van der Waals surface area contributed by atoms with Gasteiger partial charge in [0.1, 0.15) is 5.82 Å². The zero-order valence-corrected chi connectivity index (χ0v) is 11.9. The molecule has 0 atom stereocenters. The minimum Gasteiger partial charge on any atom is -0.256 e. The van der Waals surface area contributed by atoms with Crippen LogP contribution >= 0.6 is 0 Å². The lowest BCUT2D eigenvalue weighted by Crippen LogP contribution is -1.94. The van der Waals surface area contributed by atoms with Crippen molar-refractivity contribution < 1.29 is 4.39 Å². The molecule has 0 unspecified atom stereocenters. The molecule has 0 amide bonds. The van der Waals surface area contributed by atoms with Crippen LogP contribution in [0.4, 0.5) is 4.39 Å². The molecule has 0 aliphatic carbocycles. The molecular weight excluding hydrogens is 261 g/mol. The van der Waals surface area contributed by atoms with E-state index in [9.17, 15) is 4.39 Å². The van der Waals surface area contributed by atoms with E-state index in [0.29, 0.717) is 5.69 Å². The summed E-state index contributed by atoms with van der Waals surface area (Å²) in [5.41, 5.74) is 5.36. The Morgan fingerprint density at radius 2 is 1.76 bits per heavy atom. The molecule has 0 radical (unpaired) electrons. The van der Waals surface area contributed by atoms with Gasteiger partial charge < -0.3 is 0 Å². The third-order valence-corrected chi connectivity index (χ3v) is 3.60. The Labute approximate surface area is 124 Å². The van der Waals surface area contributed by atoms with Gasteiger partial charge in [-0.05, 0) is 42.2 Å². The molecule has 2 aromatic carbocycles. The van der Waals surface area contributed by atoms with Crippen molar-refractivity contribution in [2.45, 2.75) is 13.3 Å². The monoisotopic (exact) mass is 277 g/mol. The fraction of sp³-hybridized carbons (Fsp3) is 0.105. The highest BCUT2D eigenvalue weighted by molar-refractivity contribution is 5.61. The van der Waals surface area contributed by atoms with Crippen LogP contribution in [0.15, 0.2) is 66.9 Å². The number of aryl methyl sites for hydroxylation is 1.